The van der Waals surface area contributed by atoms with Gasteiger partial charge in [0.25, 0.3) is 5.91 Å². The number of nitrogens with one attached hydrogen (secondary N) is 1. The molecule has 1 atom stereocenters. The Kier molecular flexibility index (Phi) is 5.26. The molecule has 1 saturated heterocycles. The highest BCUT2D eigenvalue weighted by Gasteiger charge is 2.16. The predicted octanol–water partition coefficient (Wildman–Crippen LogP) is 4.31. The van der Waals surface area contributed by atoms with Gasteiger partial charge in [-0.2, -0.15) is 0 Å². The molecular weight excluding hydrogens is 303 g/mol. The summed E-state index contributed by atoms with van der Waals surface area (Å²) in [6, 6.07) is 13.6. The van der Waals surface area contributed by atoms with E-state index in [0.29, 0.717) is 11.3 Å². The predicted molar refractivity (Wildman–Crippen MR) is 94.5 cm³/mol. The van der Waals surface area contributed by atoms with Crippen LogP contribution in [0.15, 0.2) is 48.5 Å². The van der Waals surface area contributed by atoms with Gasteiger partial charge in [0.15, 0.2) is 0 Å². The Labute approximate surface area is 142 Å². The van der Waals surface area contributed by atoms with Gasteiger partial charge in [0.05, 0.1) is 0 Å². The van der Waals surface area contributed by atoms with E-state index in [1.165, 1.54) is 30.5 Å². The Morgan fingerprint density at radius 1 is 1.25 bits per heavy atom. The lowest BCUT2D eigenvalue weighted by molar-refractivity contribution is 0.102. The fourth-order valence-electron chi connectivity index (χ4n) is 3.22. The molecule has 1 aliphatic rings. The number of anilines is 1. The number of amides is 1. The number of likely N-dealkylation sites (tertiary alicyclic amines) is 1. The molecule has 3 nitrogen and oxygen atoms in total. The minimum atomic E-state index is -0.362. The molecule has 126 valence electrons. The van der Waals surface area contributed by atoms with Gasteiger partial charge in [-0.3, -0.25) is 9.69 Å². The number of rotatable bonds is 4. The molecule has 1 N–H and O–H groups in total. The molecule has 2 aromatic carbocycles. The molecular formula is C20H23FN2O. The monoisotopic (exact) mass is 326 g/mol. The summed E-state index contributed by atoms with van der Waals surface area (Å²) in [5.41, 5.74) is 2.26. The van der Waals surface area contributed by atoms with Crippen LogP contribution in [0, 0.1) is 11.7 Å². The maximum absolute atomic E-state index is 13.2. The summed E-state index contributed by atoms with van der Waals surface area (Å²) in [6.07, 6.45) is 2.57. The fraction of sp³-hybridized carbons (Fsp3) is 0.350. The molecule has 0 aromatic heterocycles. The zero-order valence-electron chi connectivity index (χ0n) is 14.0. The molecule has 0 unspecified atom stereocenters. The standard InChI is InChI=1S/C20H23FN2O/c1-15-4-3-11-23(13-15)14-16-7-9-17(10-8-16)20(24)22-19-6-2-5-18(21)12-19/h2,5-10,12,15H,3-4,11,13-14H2,1H3,(H,22,24)/t15-/m1/s1. The number of halogens is 1. The van der Waals surface area contributed by atoms with Gasteiger partial charge in [0, 0.05) is 24.3 Å². The normalized spacial score (nSPS) is 18.3. The molecule has 3 rings (SSSR count). The Morgan fingerprint density at radius 3 is 2.75 bits per heavy atom. The molecule has 4 heteroatoms. The molecule has 0 radical (unpaired) electrons. The number of hydrogen-bond acceptors (Lipinski definition) is 2. The smallest absolute Gasteiger partial charge is 0.255 e. The van der Waals surface area contributed by atoms with Gasteiger partial charge in [0.1, 0.15) is 5.82 Å². The summed E-state index contributed by atoms with van der Waals surface area (Å²) in [4.78, 5) is 14.7. The lowest BCUT2D eigenvalue weighted by atomic mass is 9.99. The zero-order chi connectivity index (χ0) is 16.9. The average Bonchev–Trinajstić information content (AvgIpc) is 2.55. The van der Waals surface area contributed by atoms with Gasteiger partial charge < -0.3 is 5.32 Å². The van der Waals surface area contributed by atoms with Gasteiger partial charge in [-0.15, -0.1) is 0 Å². The molecule has 0 saturated carbocycles. The van der Waals surface area contributed by atoms with Crippen LogP contribution in [-0.4, -0.2) is 23.9 Å². The Bertz CT molecular complexity index is 699. The highest BCUT2D eigenvalue weighted by molar-refractivity contribution is 6.04. The van der Waals surface area contributed by atoms with E-state index >= 15 is 0 Å². The molecule has 0 spiro atoms. The first kappa shape index (κ1) is 16.7. The lowest BCUT2D eigenvalue weighted by Gasteiger charge is -2.30. The second-order valence-corrected chi connectivity index (χ2v) is 6.64. The van der Waals surface area contributed by atoms with Crippen molar-refractivity contribution < 1.29 is 9.18 Å². The van der Waals surface area contributed by atoms with E-state index in [9.17, 15) is 9.18 Å². The van der Waals surface area contributed by atoms with Crippen LogP contribution in [0.25, 0.3) is 0 Å². The van der Waals surface area contributed by atoms with Crippen molar-refractivity contribution in [3.8, 4) is 0 Å². The topological polar surface area (TPSA) is 32.3 Å². The van der Waals surface area contributed by atoms with Gasteiger partial charge in [-0.05, 0) is 61.2 Å². The van der Waals surface area contributed by atoms with Crippen LogP contribution in [-0.2, 0) is 6.54 Å². The van der Waals surface area contributed by atoms with Gasteiger partial charge in [0.2, 0.25) is 0 Å². The third-order valence-electron chi connectivity index (χ3n) is 4.45. The SMILES string of the molecule is C[C@@H]1CCCN(Cc2ccc(C(=O)Nc3cccc(F)c3)cc2)C1. The zero-order valence-corrected chi connectivity index (χ0v) is 14.0. The Hall–Kier alpha value is -2.20. The van der Waals surface area contributed by atoms with Crippen molar-refractivity contribution in [3.05, 3.63) is 65.5 Å². The van der Waals surface area contributed by atoms with E-state index in [1.54, 1.807) is 12.1 Å². The van der Waals surface area contributed by atoms with E-state index in [0.717, 1.165) is 25.6 Å². The van der Waals surface area contributed by atoms with E-state index in [1.807, 2.05) is 24.3 Å². The summed E-state index contributed by atoms with van der Waals surface area (Å²) in [5, 5.41) is 2.72. The number of hydrogen-bond donors (Lipinski definition) is 1. The molecule has 2 aromatic rings. The number of piperidine rings is 1. The van der Waals surface area contributed by atoms with E-state index < -0.39 is 0 Å². The van der Waals surface area contributed by atoms with Crippen LogP contribution in [0.1, 0.15) is 35.7 Å². The fourth-order valence-corrected chi connectivity index (χ4v) is 3.22. The number of carbonyl (C=O) groups is 1. The molecule has 0 aliphatic carbocycles. The molecule has 1 heterocycles. The highest BCUT2D eigenvalue weighted by atomic mass is 19.1. The van der Waals surface area contributed by atoms with Gasteiger partial charge in [-0.25, -0.2) is 4.39 Å². The van der Waals surface area contributed by atoms with Gasteiger partial charge >= 0.3 is 0 Å². The van der Waals surface area contributed by atoms with Crippen LogP contribution < -0.4 is 5.32 Å². The first-order valence-electron chi connectivity index (χ1n) is 8.48. The maximum atomic E-state index is 13.2. The summed E-state index contributed by atoms with van der Waals surface area (Å²) in [5.74, 6) is 0.174. The van der Waals surface area contributed by atoms with Gasteiger partial charge in [-0.1, -0.05) is 25.1 Å². The third-order valence-corrected chi connectivity index (χ3v) is 4.45. The minimum Gasteiger partial charge on any atom is -0.322 e. The Balaban J connectivity index is 1.60. The Morgan fingerprint density at radius 2 is 2.04 bits per heavy atom. The van der Waals surface area contributed by atoms with Crippen LogP contribution >= 0.6 is 0 Å². The summed E-state index contributed by atoms with van der Waals surface area (Å²) in [6.45, 7) is 5.51. The van der Waals surface area contributed by atoms with Crippen LogP contribution in [0.3, 0.4) is 0 Å². The molecule has 1 aliphatic heterocycles. The minimum absolute atomic E-state index is 0.223. The van der Waals surface area contributed by atoms with E-state index in [4.69, 9.17) is 0 Å². The van der Waals surface area contributed by atoms with E-state index in [-0.39, 0.29) is 11.7 Å². The first-order chi connectivity index (χ1) is 11.6. The van der Waals surface area contributed by atoms with E-state index in [2.05, 4.69) is 17.1 Å². The van der Waals surface area contributed by atoms with Crippen molar-refractivity contribution >= 4 is 11.6 Å². The van der Waals surface area contributed by atoms with Crippen molar-refractivity contribution in [3.63, 3.8) is 0 Å². The largest absolute Gasteiger partial charge is 0.322 e. The van der Waals surface area contributed by atoms with Crippen LogP contribution in [0.2, 0.25) is 0 Å². The summed E-state index contributed by atoms with van der Waals surface area (Å²) < 4.78 is 13.2. The summed E-state index contributed by atoms with van der Waals surface area (Å²) in [7, 11) is 0. The second-order valence-electron chi connectivity index (χ2n) is 6.64. The molecule has 1 amide bonds. The lowest BCUT2D eigenvalue weighted by Crippen LogP contribution is -2.33. The first-order valence-corrected chi connectivity index (χ1v) is 8.48. The number of nitrogens with zero attached hydrogens (tertiary/aromatic N) is 1. The second kappa shape index (κ2) is 7.58. The van der Waals surface area contributed by atoms with Crippen LogP contribution in [0.5, 0.6) is 0 Å². The molecule has 0 bridgehead atoms. The maximum Gasteiger partial charge on any atom is 0.255 e. The van der Waals surface area contributed by atoms with Crippen molar-refractivity contribution in [1.29, 1.82) is 0 Å². The van der Waals surface area contributed by atoms with Crippen molar-refractivity contribution in [2.24, 2.45) is 5.92 Å². The molecule has 1 fully saturated rings. The van der Waals surface area contributed by atoms with Crippen molar-refractivity contribution in [2.45, 2.75) is 26.3 Å². The number of benzene rings is 2. The van der Waals surface area contributed by atoms with Crippen LogP contribution in [0.4, 0.5) is 10.1 Å². The van der Waals surface area contributed by atoms with Crippen molar-refractivity contribution in [1.82, 2.24) is 4.90 Å². The third kappa shape index (κ3) is 4.42. The molecule has 24 heavy (non-hydrogen) atoms. The average molecular weight is 326 g/mol. The summed E-state index contributed by atoms with van der Waals surface area (Å²) >= 11 is 0. The van der Waals surface area contributed by atoms with Crippen molar-refractivity contribution in [2.75, 3.05) is 18.4 Å². The highest BCUT2D eigenvalue weighted by Crippen LogP contribution is 2.18. The number of carbonyl (C=O) groups excluding carboxylic acids is 1. The quantitative estimate of drug-likeness (QED) is 0.908.